The second kappa shape index (κ2) is 9.50. The zero-order valence-corrected chi connectivity index (χ0v) is 16.1. The van der Waals surface area contributed by atoms with Crippen molar-refractivity contribution in [2.24, 2.45) is 0 Å². The Bertz CT molecular complexity index is 935. The largest absolute Gasteiger partial charge is 0.465 e. The summed E-state index contributed by atoms with van der Waals surface area (Å²) in [4.78, 5) is 48.3. The van der Waals surface area contributed by atoms with Crippen LogP contribution in [0.2, 0.25) is 0 Å². The van der Waals surface area contributed by atoms with E-state index < -0.39 is 23.3 Å². The summed E-state index contributed by atoms with van der Waals surface area (Å²) in [6, 6.07) is 10.6. The van der Waals surface area contributed by atoms with Gasteiger partial charge in [-0.05, 0) is 25.5 Å². The van der Waals surface area contributed by atoms with Crippen molar-refractivity contribution in [1.82, 2.24) is 9.88 Å². The maximum Gasteiger partial charge on any atom is 0.325 e. The Hall–Kier alpha value is -3.42. The molecule has 1 heterocycles. The van der Waals surface area contributed by atoms with Crippen LogP contribution < -0.4 is 16.2 Å². The average Bonchev–Trinajstić information content (AvgIpc) is 2.66. The van der Waals surface area contributed by atoms with Crippen LogP contribution in [0, 0.1) is 6.92 Å². The molecule has 8 nitrogen and oxygen atoms in total. The number of hydrogen-bond acceptors (Lipinski definition) is 5. The van der Waals surface area contributed by atoms with Gasteiger partial charge in [0.05, 0.1) is 18.7 Å². The predicted octanol–water partition coefficient (Wildman–Crippen LogP) is 1.46. The summed E-state index contributed by atoms with van der Waals surface area (Å²) in [6.07, 6.45) is 0. The minimum atomic E-state index is -0.562. The number of nitrogens with one attached hydrogen (secondary N) is 2. The maximum atomic E-state index is 12.8. The van der Waals surface area contributed by atoms with Gasteiger partial charge in [0.1, 0.15) is 12.2 Å². The van der Waals surface area contributed by atoms with E-state index in [1.54, 1.807) is 13.8 Å². The summed E-state index contributed by atoms with van der Waals surface area (Å²) in [5, 5.41) is 4.94. The second-order valence-electron chi connectivity index (χ2n) is 6.10. The van der Waals surface area contributed by atoms with E-state index in [9.17, 15) is 19.2 Å². The summed E-state index contributed by atoms with van der Waals surface area (Å²) >= 11 is 0. The van der Waals surface area contributed by atoms with Crippen molar-refractivity contribution in [3.63, 3.8) is 0 Å². The molecule has 2 amide bonds. The molecule has 1 aromatic carbocycles. The fourth-order valence-corrected chi connectivity index (χ4v) is 2.68. The fraction of sp³-hybridized carbons (Fsp3) is 0.300. The van der Waals surface area contributed by atoms with E-state index in [4.69, 9.17) is 4.74 Å². The van der Waals surface area contributed by atoms with Crippen LogP contribution in [-0.4, -0.2) is 35.5 Å². The molecule has 2 N–H and O–H groups in total. The van der Waals surface area contributed by atoms with E-state index >= 15 is 0 Å². The van der Waals surface area contributed by atoms with Crippen molar-refractivity contribution in [2.75, 3.05) is 18.5 Å². The molecule has 0 aliphatic rings. The van der Waals surface area contributed by atoms with Gasteiger partial charge in [0.2, 0.25) is 5.91 Å². The minimum Gasteiger partial charge on any atom is -0.465 e. The molecular weight excluding hydrogens is 362 g/mol. The molecule has 0 spiro atoms. The fourth-order valence-electron chi connectivity index (χ4n) is 2.68. The molecule has 8 heteroatoms. The van der Waals surface area contributed by atoms with Crippen LogP contribution in [0.1, 0.15) is 35.5 Å². The summed E-state index contributed by atoms with van der Waals surface area (Å²) in [5.41, 5.74) is 1.05. The number of benzene rings is 1. The minimum absolute atomic E-state index is 0.00434. The molecule has 2 rings (SSSR count). The molecule has 0 radical (unpaired) electrons. The number of carbonyl (C=O) groups is 3. The lowest BCUT2D eigenvalue weighted by Crippen LogP contribution is -2.34. The van der Waals surface area contributed by atoms with E-state index in [-0.39, 0.29) is 30.9 Å². The molecule has 0 saturated heterocycles. The van der Waals surface area contributed by atoms with Crippen molar-refractivity contribution in [2.45, 2.75) is 27.3 Å². The van der Waals surface area contributed by atoms with Gasteiger partial charge in [-0.15, -0.1) is 0 Å². The van der Waals surface area contributed by atoms with E-state index in [1.807, 2.05) is 30.3 Å². The first-order valence-electron chi connectivity index (χ1n) is 8.83. The highest BCUT2D eigenvalue weighted by Gasteiger charge is 2.18. The lowest BCUT2D eigenvalue weighted by atomic mass is 10.1. The highest BCUT2D eigenvalue weighted by molar-refractivity contribution is 5.98. The smallest absolute Gasteiger partial charge is 0.325 e. The molecule has 28 heavy (non-hydrogen) atoms. The molecule has 148 valence electrons. The third-order valence-electron chi connectivity index (χ3n) is 4.00. The lowest BCUT2D eigenvalue weighted by Gasteiger charge is -2.16. The Balaban J connectivity index is 2.42. The van der Waals surface area contributed by atoms with E-state index in [0.29, 0.717) is 5.69 Å². The van der Waals surface area contributed by atoms with Gasteiger partial charge >= 0.3 is 5.97 Å². The number of amides is 2. The van der Waals surface area contributed by atoms with Crippen LogP contribution in [0.15, 0.2) is 41.2 Å². The van der Waals surface area contributed by atoms with Crippen molar-refractivity contribution in [1.29, 1.82) is 0 Å². The van der Waals surface area contributed by atoms with Gasteiger partial charge in [0.25, 0.3) is 11.5 Å². The van der Waals surface area contributed by atoms with Crippen LogP contribution in [0.4, 0.5) is 5.69 Å². The maximum absolute atomic E-state index is 12.8. The number of anilines is 1. The Morgan fingerprint density at radius 3 is 2.43 bits per heavy atom. The standard InChI is InChI=1S/C20H23N3O5/c1-4-28-18(25)11-21-19(26)16-10-17(22-14(3)24)20(27)23(13(16)2)12-15-8-6-5-7-9-15/h5-10H,4,11-12H2,1-3H3,(H,21,26)(H,22,24). The number of aromatic nitrogens is 1. The molecule has 2 aromatic rings. The van der Waals surface area contributed by atoms with Gasteiger partial charge in [-0.1, -0.05) is 30.3 Å². The van der Waals surface area contributed by atoms with Gasteiger partial charge in [-0.2, -0.15) is 0 Å². The molecule has 0 unspecified atom stereocenters. The van der Waals surface area contributed by atoms with E-state index in [2.05, 4.69) is 10.6 Å². The SMILES string of the molecule is CCOC(=O)CNC(=O)c1cc(NC(C)=O)c(=O)n(Cc2ccccc2)c1C. The van der Waals surface area contributed by atoms with Gasteiger partial charge in [0.15, 0.2) is 0 Å². The number of nitrogens with zero attached hydrogens (tertiary/aromatic N) is 1. The van der Waals surface area contributed by atoms with Crippen LogP contribution in [0.5, 0.6) is 0 Å². The van der Waals surface area contributed by atoms with Gasteiger partial charge in [-0.25, -0.2) is 0 Å². The van der Waals surface area contributed by atoms with Crippen LogP contribution >= 0.6 is 0 Å². The zero-order chi connectivity index (χ0) is 20.7. The van der Waals surface area contributed by atoms with Crippen molar-refractivity contribution in [3.05, 3.63) is 63.6 Å². The molecule has 0 saturated carbocycles. The predicted molar refractivity (Wildman–Crippen MR) is 104 cm³/mol. The molecular formula is C20H23N3O5. The summed E-state index contributed by atoms with van der Waals surface area (Å²) in [5.74, 6) is -1.53. The highest BCUT2D eigenvalue weighted by Crippen LogP contribution is 2.14. The van der Waals surface area contributed by atoms with E-state index in [1.165, 1.54) is 17.6 Å². The number of rotatable bonds is 7. The Kier molecular flexibility index (Phi) is 7.08. The quantitative estimate of drug-likeness (QED) is 0.702. The lowest BCUT2D eigenvalue weighted by molar-refractivity contribution is -0.141. The van der Waals surface area contributed by atoms with Crippen molar-refractivity contribution in [3.8, 4) is 0 Å². The number of hydrogen-bond donors (Lipinski definition) is 2. The summed E-state index contributed by atoms with van der Waals surface area (Å²) in [7, 11) is 0. The van der Waals surface area contributed by atoms with Crippen LogP contribution in [-0.2, 0) is 20.9 Å². The molecule has 0 aliphatic carbocycles. The third-order valence-corrected chi connectivity index (χ3v) is 4.00. The van der Waals surface area contributed by atoms with Gasteiger partial charge < -0.3 is 19.9 Å². The normalized spacial score (nSPS) is 10.2. The number of pyridine rings is 1. The van der Waals surface area contributed by atoms with E-state index in [0.717, 1.165) is 5.56 Å². The first kappa shape index (κ1) is 20.9. The highest BCUT2D eigenvalue weighted by atomic mass is 16.5. The van der Waals surface area contributed by atoms with Crippen LogP contribution in [0.3, 0.4) is 0 Å². The first-order chi connectivity index (χ1) is 13.3. The van der Waals surface area contributed by atoms with Gasteiger partial charge in [0, 0.05) is 12.6 Å². The molecule has 0 aliphatic heterocycles. The molecule has 0 bridgehead atoms. The number of carbonyl (C=O) groups excluding carboxylic acids is 3. The second-order valence-corrected chi connectivity index (χ2v) is 6.10. The molecule has 0 atom stereocenters. The van der Waals surface area contributed by atoms with Crippen molar-refractivity contribution >= 4 is 23.5 Å². The molecule has 1 aromatic heterocycles. The van der Waals surface area contributed by atoms with Crippen molar-refractivity contribution < 1.29 is 19.1 Å². The van der Waals surface area contributed by atoms with Crippen LogP contribution in [0.25, 0.3) is 0 Å². The average molecular weight is 385 g/mol. The monoisotopic (exact) mass is 385 g/mol. The Labute approximate surface area is 162 Å². The molecule has 0 fully saturated rings. The number of esters is 1. The number of ether oxygens (including phenoxy) is 1. The third kappa shape index (κ3) is 5.29. The van der Waals surface area contributed by atoms with Gasteiger partial charge in [-0.3, -0.25) is 19.2 Å². The first-order valence-corrected chi connectivity index (χ1v) is 8.83. The Morgan fingerprint density at radius 1 is 1.14 bits per heavy atom. The zero-order valence-electron chi connectivity index (χ0n) is 16.1. The topological polar surface area (TPSA) is 106 Å². The summed E-state index contributed by atoms with van der Waals surface area (Å²) in [6.45, 7) is 4.74. The summed E-state index contributed by atoms with van der Waals surface area (Å²) < 4.78 is 6.21. The Morgan fingerprint density at radius 2 is 1.82 bits per heavy atom.